The fourth-order valence-corrected chi connectivity index (χ4v) is 3.42. The number of halogens is 4. The van der Waals surface area contributed by atoms with Crippen LogP contribution in [0.4, 0.5) is 18.0 Å². The van der Waals surface area contributed by atoms with Gasteiger partial charge in [0, 0.05) is 5.56 Å². The Morgan fingerprint density at radius 1 is 1.10 bits per heavy atom. The highest BCUT2D eigenvalue weighted by atomic mass is 35.5. The summed E-state index contributed by atoms with van der Waals surface area (Å²) in [5.41, 5.74) is -0.172. The zero-order valence-electron chi connectivity index (χ0n) is 14.7. The number of carbonyl (C=O) groups is 3. The average Bonchev–Trinajstić information content (AvgIpc) is 2.97. The van der Waals surface area contributed by atoms with E-state index < -0.39 is 29.4 Å². The average molecular weight is 446 g/mol. The highest BCUT2D eigenvalue weighted by Crippen LogP contribution is 2.29. The molecule has 1 atom stereocenters. The van der Waals surface area contributed by atoms with Crippen molar-refractivity contribution in [3.05, 3.63) is 65.2 Å². The number of alkyl halides is 3. The molecule has 2 aromatic rings. The molecule has 2 aromatic carbocycles. The second-order valence-electron chi connectivity index (χ2n) is 6.02. The van der Waals surface area contributed by atoms with Crippen molar-refractivity contribution >= 4 is 41.1 Å². The molecule has 10 heteroatoms. The summed E-state index contributed by atoms with van der Waals surface area (Å²) >= 11 is 0.932. The summed E-state index contributed by atoms with van der Waals surface area (Å²) in [5.74, 6) is -0.543. The largest absolute Gasteiger partial charge is 0.485 e. The zero-order chi connectivity index (χ0) is 20.3. The lowest BCUT2D eigenvalue weighted by Crippen LogP contribution is -2.25. The van der Waals surface area contributed by atoms with Gasteiger partial charge in [0.15, 0.2) is 12.4 Å². The van der Waals surface area contributed by atoms with Gasteiger partial charge in [0.25, 0.3) is 5.24 Å². The molecule has 0 aliphatic carbocycles. The van der Waals surface area contributed by atoms with Crippen LogP contribution in [0, 0.1) is 0 Å². The third-order valence-corrected chi connectivity index (χ3v) is 4.97. The Balaban J connectivity index is 0.00000300. The minimum Gasteiger partial charge on any atom is -0.485 e. The number of amides is 2. The quantitative estimate of drug-likeness (QED) is 0.672. The molecule has 0 spiro atoms. The van der Waals surface area contributed by atoms with Crippen LogP contribution in [0.2, 0.25) is 0 Å². The van der Waals surface area contributed by atoms with E-state index in [2.05, 4.69) is 5.32 Å². The Morgan fingerprint density at radius 2 is 1.79 bits per heavy atom. The molecule has 1 N–H and O–H groups in total. The molecule has 0 saturated carbocycles. The maximum Gasteiger partial charge on any atom is 0.416 e. The van der Waals surface area contributed by atoms with Gasteiger partial charge in [0.2, 0.25) is 5.91 Å². The summed E-state index contributed by atoms with van der Waals surface area (Å²) < 4.78 is 43.5. The number of ketones is 1. The number of thioether (sulfide) groups is 1. The van der Waals surface area contributed by atoms with E-state index in [-0.39, 0.29) is 29.1 Å². The van der Waals surface area contributed by atoms with Crippen molar-refractivity contribution in [2.75, 3.05) is 6.61 Å². The third kappa shape index (κ3) is 5.98. The summed E-state index contributed by atoms with van der Waals surface area (Å²) in [7, 11) is 0. The van der Waals surface area contributed by atoms with Crippen LogP contribution in [0.25, 0.3) is 0 Å². The number of benzene rings is 2. The minimum atomic E-state index is -4.52. The smallest absolute Gasteiger partial charge is 0.416 e. The number of rotatable bonds is 6. The van der Waals surface area contributed by atoms with E-state index in [1.165, 1.54) is 12.1 Å². The molecule has 0 radical (unpaired) electrons. The van der Waals surface area contributed by atoms with Crippen LogP contribution in [0.15, 0.2) is 48.5 Å². The van der Waals surface area contributed by atoms with E-state index in [0.29, 0.717) is 12.2 Å². The summed E-state index contributed by atoms with van der Waals surface area (Å²) in [6.07, 6.45) is -4.15. The third-order valence-electron chi connectivity index (χ3n) is 3.99. The number of hydrogen-bond donors (Lipinski definition) is 1. The molecule has 1 heterocycles. The number of ether oxygens (including phenoxy) is 1. The molecule has 5 nitrogen and oxygen atoms in total. The fraction of sp³-hybridized carbons (Fsp3) is 0.211. The van der Waals surface area contributed by atoms with Gasteiger partial charge in [-0.3, -0.25) is 19.7 Å². The molecule has 0 aromatic heterocycles. The van der Waals surface area contributed by atoms with Crippen LogP contribution in [0.1, 0.15) is 21.5 Å². The van der Waals surface area contributed by atoms with Gasteiger partial charge in [-0.1, -0.05) is 36.0 Å². The molecule has 29 heavy (non-hydrogen) atoms. The Hall–Kier alpha value is -2.52. The van der Waals surface area contributed by atoms with Crippen molar-refractivity contribution in [3.8, 4) is 5.75 Å². The van der Waals surface area contributed by atoms with Gasteiger partial charge in [-0.05, 0) is 36.2 Å². The van der Waals surface area contributed by atoms with Gasteiger partial charge in [0.1, 0.15) is 5.75 Å². The molecular formula is C19H15ClF3NO4S. The molecule has 154 valence electrons. The molecule has 1 fully saturated rings. The predicted molar refractivity (Wildman–Crippen MR) is 104 cm³/mol. The molecule has 1 aliphatic heterocycles. The van der Waals surface area contributed by atoms with Crippen molar-refractivity contribution in [2.24, 2.45) is 0 Å². The molecule has 1 saturated heterocycles. The van der Waals surface area contributed by atoms with Gasteiger partial charge in [-0.15, -0.1) is 12.4 Å². The van der Waals surface area contributed by atoms with Crippen molar-refractivity contribution in [1.82, 2.24) is 5.32 Å². The van der Waals surface area contributed by atoms with E-state index in [1.807, 2.05) is 0 Å². The van der Waals surface area contributed by atoms with E-state index in [0.717, 1.165) is 29.5 Å². The number of hydrogen-bond acceptors (Lipinski definition) is 5. The first-order valence-corrected chi connectivity index (χ1v) is 9.04. The maximum absolute atomic E-state index is 12.7. The van der Waals surface area contributed by atoms with E-state index in [4.69, 9.17) is 4.74 Å². The predicted octanol–water partition coefficient (Wildman–Crippen LogP) is 4.28. The van der Waals surface area contributed by atoms with E-state index >= 15 is 0 Å². The molecule has 0 bridgehead atoms. The Bertz CT molecular complexity index is 918. The SMILES string of the molecule is Cl.O=C1NC(=O)C(Cc2ccc(OCC(=O)c3cccc(C(F)(F)F)c3)cc2)S1. The van der Waals surface area contributed by atoms with Gasteiger partial charge < -0.3 is 4.74 Å². The lowest BCUT2D eigenvalue weighted by molar-refractivity contribution is -0.137. The van der Waals surface area contributed by atoms with Crippen molar-refractivity contribution in [1.29, 1.82) is 0 Å². The van der Waals surface area contributed by atoms with Crippen LogP contribution in [0.5, 0.6) is 5.75 Å². The summed E-state index contributed by atoms with van der Waals surface area (Å²) in [5, 5.41) is 1.36. The topological polar surface area (TPSA) is 72.5 Å². The lowest BCUT2D eigenvalue weighted by Gasteiger charge is -2.10. The first-order chi connectivity index (χ1) is 13.2. The first kappa shape index (κ1) is 22.8. The number of Topliss-reactive ketones (excluding diaryl/α,β-unsaturated/α-hetero) is 1. The van der Waals surface area contributed by atoms with Crippen LogP contribution in [-0.4, -0.2) is 28.8 Å². The molecule has 1 aliphatic rings. The first-order valence-electron chi connectivity index (χ1n) is 8.16. The number of imide groups is 1. The van der Waals surface area contributed by atoms with E-state index in [1.54, 1.807) is 24.3 Å². The second kappa shape index (κ2) is 9.32. The van der Waals surface area contributed by atoms with Gasteiger partial charge in [0.05, 0.1) is 10.8 Å². The van der Waals surface area contributed by atoms with Gasteiger partial charge in [-0.2, -0.15) is 13.2 Å². The molecule has 2 amide bonds. The maximum atomic E-state index is 12.7. The normalized spacial score (nSPS) is 16.2. The summed E-state index contributed by atoms with van der Waals surface area (Å²) in [6, 6.07) is 10.7. The Kier molecular flexibility index (Phi) is 7.32. The van der Waals surface area contributed by atoms with Crippen molar-refractivity contribution in [3.63, 3.8) is 0 Å². The van der Waals surface area contributed by atoms with Gasteiger partial charge >= 0.3 is 6.18 Å². The summed E-state index contributed by atoms with van der Waals surface area (Å²) in [4.78, 5) is 34.8. The van der Waals surface area contributed by atoms with Crippen LogP contribution in [-0.2, 0) is 17.4 Å². The standard InChI is InChI=1S/C19H14F3NO4S.ClH/c20-19(21,22)13-3-1-2-12(9-13)15(24)10-27-14-6-4-11(5-7-14)8-16-17(25)23-18(26)28-16;/h1-7,9,16H,8,10H2,(H,23,25,26);1H. The van der Waals surface area contributed by atoms with Crippen LogP contribution >= 0.6 is 24.2 Å². The lowest BCUT2D eigenvalue weighted by atomic mass is 10.1. The Labute approximate surface area is 174 Å². The highest BCUT2D eigenvalue weighted by molar-refractivity contribution is 8.15. The molecule has 3 rings (SSSR count). The second-order valence-corrected chi connectivity index (χ2v) is 7.20. The Morgan fingerprint density at radius 3 is 2.38 bits per heavy atom. The van der Waals surface area contributed by atoms with E-state index in [9.17, 15) is 27.6 Å². The minimum absolute atomic E-state index is 0. The van der Waals surface area contributed by atoms with Crippen LogP contribution in [0.3, 0.4) is 0 Å². The highest BCUT2D eigenvalue weighted by Gasteiger charge is 2.32. The van der Waals surface area contributed by atoms with Crippen molar-refractivity contribution < 1.29 is 32.3 Å². The fourth-order valence-electron chi connectivity index (χ4n) is 2.56. The molecule has 1 unspecified atom stereocenters. The number of carbonyl (C=O) groups excluding carboxylic acids is 3. The summed E-state index contributed by atoms with van der Waals surface area (Å²) in [6.45, 7) is -0.407. The van der Waals surface area contributed by atoms with Crippen LogP contribution < -0.4 is 10.1 Å². The zero-order valence-corrected chi connectivity index (χ0v) is 16.3. The van der Waals surface area contributed by atoms with Crippen molar-refractivity contribution in [2.45, 2.75) is 17.8 Å². The number of nitrogens with one attached hydrogen (secondary N) is 1. The molecular weight excluding hydrogens is 431 g/mol. The van der Waals surface area contributed by atoms with Gasteiger partial charge in [-0.25, -0.2) is 0 Å². The monoisotopic (exact) mass is 445 g/mol.